The number of thiazole rings is 1. The molecule has 0 unspecified atom stereocenters. The monoisotopic (exact) mass is 464 g/mol. The molecule has 0 radical (unpaired) electrons. The van der Waals surface area contributed by atoms with Crippen LogP contribution < -0.4 is 5.73 Å². The van der Waals surface area contributed by atoms with E-state index in [0.29, 0.717) is 34.4 Å². The van der Waals surface area contributed by atoms with Crippen molar-refractivity contribution < 1.29 is 13.9 Å². The normalized spacial score (nSPS) is 21.6. The van der Waals surface area contributed by atoms with Gasteiger partial charge in [0.25, 0.3) is 0 Å². The molecule has 2 aliphatic heterocycles. The molecule has 3 heterocycles. The fraction of sp³-hybridized carbons (Fsp3) is 0.316. The van der Waals surface area contributed by atoms with Gasteiger partial charge in [0.2, 0.25) is 0 Å². The van der Waals surface area contributed by atoms with E-state index in [1.54, 1.807) is 19.2 Å². The summed E-state index contributed by atoms with van der Waals surface area (Å²) in [6.45, 7) is 2.56. The highest BCUT2D eigenvalue weighted by Gasteiger charge is 2.41. The first-order chi connectivity index (χ1) is 13.5. The summed E-state index contributed by atoms with van der Waals surface area (Å²) in [5.41, 5.74) is 8.15. The molecule has 2 aliphatic rings. The van der Waals surface area contributed by atoms with Crippen LogP contribution in [0.25, 0.3) is 0 Å². The molecule has 0 aliphatic carbocycles. The maximum absolute atomic E-state index is 13.7. The topological polar surface area (TPSA) is 80.8 Å². The Balaban J connectivity index is 1.91. The van der Waals surface area contributed by atoms with Crippen LogP contribution in [0, 0.1) is 5.82 Å². The Morgan fingerprint density at radius 3 is 3.00 bits per heavy atom. The molecule has 28 heavy (non-hydrogen) atoms. The van der Waals surface area contributed by atoms with Crippen molar-refractivity contribution in [3.63, 3.8) is 0 Å². The standard InChI is InChI=1S/C19H18BrFN4O2S/c1-2-27-19(26)15-14-8-11(22)9-25(14)17(18-23-5-6-28-18)24-16(15)12-4-3-10(21)7-13(12)20/h3-7,11,16H,2,8-9,22H2,1H3/t11-,16-/m0/s1. The average molecular weight is 465 g/mol. The number of aliphatic imine (C=N–C) groups is 1. The first-order valence-corrected chi connectivity index (χ1v) is 10.5. The minimum Gasteiger partial charge on any atom is -0.463 e. The maximum Gasteiger partial charge on any atom is 0.338 e. The number of carbonyl (C=O) groups is 1. The zero-order chi connectivity index (χ0) is 19.8. The van der Waals surface area contributed by atoms with Gasteiger partial charge in [-0.2, -0.15) is 0 Å². The molecule has 1 saturated heterocycles. The molecule has 1 aromatic heterocycles. The highest BCUT2D eigenvalue weighted by molar-refractivity contribution is 9.10. The number of hydrogen-bond donors (Lipinski definition) is 1. The van der Waals surface area contributed by atoms with Gasteiger partial charge in [-0.1, -0.05) is 22.0 Å². The minimum atomic E-state index is -0.635. The zero-order valence-electron chi connectivity index (χ0n) is 15.1. The maximum atomic E-state index is 13.7. The summed E-state index contributed by atoms with van der Waals surface area (Å²) in [5.74, 6) is -0.127. The van der Waals surface area contributed by atoms with Crippen molar-refractivity contribution in [2.45, 2.75) is 25.4 Å². The van der Waals surface area contributed by atoms with Crippen LogP contribution in [0.5, 0.6) is 0 Å². The highest BCUT2D eigenvalue weighted by Crippen LogP contribution is 2.42. The second-order valence-electron chi connectivity index (χ2n) is 6.51. The number of nitrogens with zero attached hydrogens (tertiary/aromatic N) is 3. The van der Waals surface area contributed by atoms with E-state index in [-0.39, 0.29) is 18.5 Å². The number of ether oxygens (including phenoxy) is 1. The van der Waals surface area contributed by atoms with E-state index < -0.39 is 12.0 Å². The molecule has 0 bridgehead atoms. The van der Waals surface area contributed by atoms with E-state index in [0.717, 1.165) is 10.7 Å². The van der Waals surface area contributed by atoms with Crippen LogP contribution in [-0.4, -0.2) is 40.9 Å². The average Bonchev–Trinajstić information content (AvgIpc) is 3.29. The first-order valence-electron chi connectivity index (χ1n) is 8.85. The van der Waals surface area contributed by atoms with Crippen molar-refractivity contribution in [3.8, 4) is 0 Å². The summed E-state index contributed by atoms with van der Waals surface area (Å²) in [6, 6.07) is 3.61. The number of hydrogen-bond acceptors (Lipinski definition) is 7. The third-order valence-corrected chi connectivity index (χ3v) is 6.12. The summed E-state index contributed by atoms with van der Waals surface area (Å²) in [7, 11) is 0. The molecular formula is C19H18BrFN4O2S. The van der Waals surface area contributed by atoms with Crippen molar-refractivity contribution in [3.05, 3.63) is 61.9 Å². The van der Waals surface area contributed by atoms with Crippen LogP contribution in [0.15, 0.2) is 50.5 Å². The van der Waals surface area contributed by atoms with E-state index in [4.69, 9.17) is 15.5 Å². The fourth-order valence-electron chi connectivity index (χ4n) is 3.54. The summed E-state index contributed by atoms with van der Waals surface area (Å²) >= 11 is 4.88. The second kappa shape index (κ2) is 7.73. The van der Waals surface area contributed by atoms with E-state index in [1.165, 1.54) is 23.5 Å². The number of aromatic nitrogens is 1. The summed E-state index contributed by atoms with van der Waals surface area (Å²) in [6.07, 6.45) is 2.25. The SMILES string of the molecule is CCOC(=O)C1=C2C[C@H](N)CN2C(c2nccs2)=N[C@H]1c1ccc(F)cc1Br. The lowest BCUT2D eigenvalue weighted by Crippen LogP contribution is -2.36. The fourth-order valence-corrected chi connectivity index (χ4v) is 4.75. The predicted octanol–water partition coefficient (Wildman–Crippen LogP) is 3.40. The third kappa shape index (κ3) is 3.38. The van der Waals surface area contributed by atoms with Crippen molar-refractivity contribution in [1.29, 1.82) is 0 Å². The van der Waals surface area contributed by atoms with E-state index >= 15 is 0 Å². The molecule has 9 heteroatoms. The Morgan fingerprint density at radius 1 is 1.50 bits per heavy atom. The number of halogens is 2. The number of rotatable bonds is 4. The number of amidine groups is 1. The molecule has 2 atom stereocenters. The number of benzene rings is 1. The quantitative estimate of drug-likeness (QED) is 0.701. The van der Waals surface area contributed by atoms with Crippen molar-refractivity contribution in [2.24, 2.45) is 10.7 Å². The molecule has 0 amide bonds. The third-order valence-electron chi connectivity index (χ3n) is 4.67. The number of fused-ring (bicyclic) bond motifs is 1. The van der Waals surface area contributed by atoms with Gasteiger partial charge < -0.3 is 15.4 Å². The molecule has 0 spiro atoms. The number of nitrogens with two attached hydrogens (primary N) is 1. The minimum absolute atomic E-state index is 0.125. The van der Waals surface area contributed by atoms with Crippen LogP contribution in [0.3, 0.4) is 0 Å². The molecule has 0 saturated carbocycles. The molecule has 4 rings (SSSR count). The van der Waals surface area contributed by atoms with Crippen molar-refractivity contribution in [1.82, 2.24) is 9.88 Å². The second-order valence-corrected chi connectivity index (χ2v) is 8.26. The van der Waals surface area contributed by atoms with Gasteiger partial charge in [-0.05, 0) is 24.6 Å². The molecule has 6 nitrogen and oxygen atoms in total. The van der Waals surface area contributed by atoms with Gasteiger partial charge in [-0.25, -0.2) is 14.2 Å². The van der Waals surface area contributed by atoms with Gasteiger partial charge in [-0.15, -0.1) is 11.3 Å². The van der Waals surface area contributed by atoms with Crippen LogP contribution in [0.2, 0.25) is 0 Å². The zero-order valence-corrected chi connectivity index (χ0v) is 17.5. The van der Waals surface area contributed by atoms with Gasteiger partial charge in [-0.3, -0.25) is 4.99 Å². The summed E-state index contributed by atoms with van der Waals surface area (Å²) in [5, 5.41) is 2.62. The molecule has 1 aromatic carbocycles. The lowest BCUT2D eigenvalue weighted by atomic mass is 9.94. The highest BCUT2D eigenvalue weighted by atomic mass is 79.9. The van der Waals surface area contributed by atoms with Crippen molar-refractivity contribution in [2.75, 3.05) is 13.2 Å². The van der Waals surface area contributed by atoms with Crippen molar-refractivity contribution >= 4 is 39.1 Å². The number of esters is 1. The Hall–Kier alpha value is -2.10. The lowest BCUT2D eigenvalue weighted by Gasteiger charge is -2.31. The Labute approximate surface area is 174 Å². The molecule has 2 aromatic rings. The Kier molecular flexibility index (Phi) is 5.31. The van der Waals surface area contributed by atoms with Crippen LogP contribution in [0.1, 0.15) is 30.0 Å². The largest absolute Gasteiger partial charge is 0.463 e. The lowest BCUT2D eigenvalue weighted by molar-refractivity contribution is -0.139. The van der Waals surface area contributed by atoms with Crippen LogP contribution in [-0.2, 0) is 9.53 Å². The molecule has 2 N–H and O–H groups in total. The van der Waals surface area contributed by atoms with Gasteiger partial charge in [0.15, 0.2) is 10.8 Å². The summed E-state index contributed by atoms with van der Waals surface area (Å²) < 4.78 is 19.5. The molecule has 146 valence electrons. The molecular weight excluding hydrogens is 447 g/mol. The van der Waals surface area contributed by atoms with E-state index in [1.807, 2.05) is 10.3 Å². The van der Waals surface area contributed by atoms with E-state index in [9.17, 15) is 9.18 Å². The smallest absolute Gasteiger partial charge is 0.338 e. The van der Waals surface area contributed by atoms with Crippen LogP contribution >= 0.6 is 27.3 Å². The summed E-state index contributed by atoms with van der Waals surface area (Å²) in [4.78, 5) is 24.1. The Bertz CT molecular complexity index is 976. The predicted molar refractivity (Wildman–Crippen MR) is 108 cm³/mol. The number of carbonyl (C=O) groups excluding carboxylic acids is 1. The molecule has 1 fully saturated rings. The van der Waals surface area contributed by atoms with E-state index in [2.05, 4.69) is 20.9 Å². The van der Waals surface area contributed by atoms with Gasteiger partial charge >= 0.3 is 5.97 Å². The van der Waals surface area contributed by atoms with Gasteiger partial charge in [0.05, 0.1) is 12.2 Å². The first kappa shape index (κ1) is 19.2. The van der Waals surface area contributed by atoms with Gasteiger partial charge in [0.1, 0.15) is 11.9 Å². The Morgan fingerprint density at radius 2 is 2.32 bits per heavy atom. The van der Waals surface area contributed by atoms with Crippen LogP contribution in [0.4, 0.5) is 4.39 Å². The van der Waals surface area contributed by atoms with Gasteiger partial charge in [0, 0.05) is 40.8 Å².